The molecule has 0 saturated carbocycles. The lowest BCUT2D eigenvalue weighted by molar-refractivity contribution is 1.12. The van der Waals surface area contributed by atoms with Gasteiger partial charge in [-0.15, -0.1) is 0 Å². The van der Waals surface area contributed by atoms with Crippen LogP contribution in [0.1, 0.15) is 5.56 Å². The minimum atomic E-state index is 0.179. The molecule has 100 valence electrons. The van der Waals surface area contributed by atoms with Crippen molar-refractivity contribution in [3.05, 3.63) is 54.2 Å². The van der Waals surface area contributed by atoms with Gasteiger partial charge in [0, 0.05) is 6.54 Å². The summed E-state index contributed by atoms with van der Waals surface area (Å²) in [4.78, 5) is 7.84. The fourth-order valence-corrected chi connectivity index (χ4v) is 2.09. The molecule has 1 aromatic heterocycles. The second-order valence-electron chi connectivity index (χ2n) is 4.56. The van der Waals surface area contributed by atoms with E-state index < -0.39 is 0 Å². The third kappa shape index (κ3) is 2.47. The number of hydrogen-bond donors (Lipinski definition) is 3. The molecule has 3 aromatic rings. The zero-order valence-corrected chi connectivity index (χ0v) is 10.9. The highest BCUT2D eigenvalue weighted by Crippen LogP contribution is 2.19. The van der Waals surface area contributed by atoms with Gasteiger partial charge >= 0.3 is 0 Å². The number of nitrogens with zero attached hydrogens (tertiary/aromatic N) is 2. The number of nitrogens with two attached hydrogens (primary N) is 2. The van der Waals surface area contributed by atoms with Gasteiger partial charge in [0.1, 0.15) is 0 Å². The lowest BCUT2D eigenvalue weighted by Crippen LogP contribution is -2.06. The average molecular weight is 265 g/mol. The van der Waals surface area contributed by atoms with Gasteiger partial charge in [0.15, 0.2) is 5.82 Å². The van der Waals surface area contributed by atoms with Crippen LogP contribution >= 0.6 is 0 Å². The summed E-state index contributed by atoms with van der Waals surface area (Å²) >= 11 is 0. The third-order valence-corrected chi connectivity index (χ3v) is 3.13. The van der Waals surface area contributed by atoms with Crippen LogP contribution in [0.25, 0.3) is 10.8 Å². The maximum Gasteiger partial charge on any atom is 0.222 e. The van der Waals surface area contributed by atoms with Gasteiger partial charge in [-0.2, -0.15) is 4.98 Å². The van der Waals surface area contributed by atoms with Crippen LogP contribution < -0.4 is 16.8 Å². The van der Waals surface area contributed by atoms with Gasteiger partial charge in [0.25, 0.3) is 0 Å². The summed E-state index contributed by atoms with van der Waals surface area (Å²) < 4.78 is 0. The summed E-state index contributed by atoms with van der Waals surface area (Å²) in [6, 6.07) is 14.6. The van der Waals surface area contributed by atoms with Crippen molar-refractivity contribution in [1.82, 2.24) is 9.97 Å². The Labute approximate surface area is 116 Å². The van der Waals surface area contributed by atoms with Crippen LogP contribution in [0, 0.1) is 0 Å². The van der Waals surface area contributed by atoms with Crippen molar-refractivity contribution in [3.63, 3.8) is 0 Å². The number of fused-ring (bicyclic) bond motifs is 1. The van der Waals surface area contributed by atoms with Crippen LogP contribution in [-0.2, 0) is 6.54 Å². The maximum atomic E-state index is 5.78. The van der Waals surface area contributed by atoms with Crippen LogP contribution in [0.4, 0.5) is 17.5 Å². The largest absolute Gasteiger partial charge is 0.382 e. The quantitative estimate of drug-likeness (QED) is 0.676. The Morgan fingerprint density at radius 3 is 2.60 bits per heavy atom. The normalized spacial score (nSPS) is 10.6. The smallest absolute Gasteiger partial charge is 0.222 e. The van der Waals surface area contributed by atoms with Crippen molar-refractivity contribution >= 4 is 28.2 Å². The van der Waals surface area contributed by atoms with Crippen LogP contribution in [0.5, 0.6) is 0 Å². The number of rotatable bonds is 3. The molecule has 1 heterocycles. The van der Waals surface area contributed by atoms with Crippen molar-refractivity contribution in [2.45, 2.75) is 6.54 Å². The van der Waals surface area contributed by atoms with Crippen LogP contribution in [0.15, 0.2) is 48.7 Å². The molecule has 0 aliphatic rings. The standard InChI is InChI=1S/C15H15N5/c16-14-13(9-19-15(17)20-14)18-8-10-5-6-11-3-1-2-4-12(11)7-10/h1-7,9,18H,8H2,(H4,16,17,19,20). The second kappa shape index (κ2) is 5.05. The van der Waals surface area contributed by atoms with Gasteiger partial charge in [-0.25, -0.2) is 4.98 Å². The molecule has 0 unspecified atom stereocenters. The first kappa shape index (κ1) is 12.2. The molecule has 0 saturated heterocycles. The zero-order chi connectivity index (χ0) is 13.9. The fraction of sp³-hybridized carbons (Fsp3) is 0.0667. The molecule has 0 atom stereocenters. The van der Waals surface area contributed by atoms with E-state index in [0.717, 1.165) is 0 Å². The molecule has 0 bridgehead atoms. The average Bonchev–Trinajstić information content (AvgIpc) is 2.46. The minimum absolute atomic E-state index is 0.179. The van der Waals surface area contributed by atoms with Crippen molar-refractivity contribution in [2.24, 2.45) is 0 Å². The molecule has 0 spiro atoms. The predicted octanol–water partition coefficient (Wildman–Crippen LogP) is 2.41. The molecule has 20 heavy (non-hydrogen) atoms. The first-order valence-corrected chi connectivity index (χ1v) is 6.32. The fourth-order valence-electron chi connectivity index (χ4n) is 2.09. The van der Waals surface area contributed by atoms with Gasteiger partial charge in [-0.1, -0.05) is 36.4 Å². The van der Waals surface area contributed by atoms with Gasteiger partial charge in [-0.05, 0) is 22.4 Å². The van der Waals surface area contributed by atoms with E-state index >= 15 is 0 Å². The highest BCUT2D eigenvalue weighted by molar-refractivity contribution is 5.83. The van der Waals surface area contributed by atoms with E-state index in [1.54, 1.807) is 6.20 Å². The molecule has 5 nitrogen and oxygen atoms in total. The molecule has 5 N–H and O–H groups in total. The third-order valence-electron chi connectivity index (χ3n) is 3.13. The maximum absolute atomic E-state index is 5.78. The van der Waals surface area contributed by atoms with Crippen molar-refractivity contribution in [3.8, 4) is 0 Å². The molecule has 5 heteroatoms. The Morgan fingerprint density at radius 1 is 1.00 bits per heavy atom. The van der Waals surface area contributed by atoms with Gasteiger partial charge in [0.05, 0.1) is 11.9 Å². The van der Waals surface area contributed by atoms with E-state index in [2.05, 4.69) is 45.6 Å². The molecule has 2 aromatic carbocycles. The number of hydrogen-bond acceptors (Lipinski definition) is 5. The van der Waals surface area contributed by atoms with Gasteiger partial charge in [0.2, 0.25) is 5.95 Å². The number of anilines is 3. The van der Waals surface area contributed by atoms with Crippen molar-refractivity contribution < 1.29 is 0 Å². The van der Waals surface area contributed by atoms with E-state index in [1.165, 1.54) is 16.3 Å². The molecule has 0 amide bonds. The molecule has 0 radical (unpaired) electrons. The lowest BCUT2D eigenvalue weighted by atomic mass is 10.1. The summed E-state index contributed by atoms with van der Waals surface area (Å²) in [5.74, 6) is 0.539. The summed E-state index contributed by atoms with van der Waals surface area (Å²) in [7, 11) is 0. The van der Waals surface area contributed by atoms with Crippen LogP contribution in [0.3, 0.4) is 0 Å². The Hall–Kier alpha value is -2.82. The molecular formula is C15H15N5. The molecule has 0 aliphatic carbocycles. The summed E-state index contributed by atoms with van der Waals surface area (Å²) in [5, 5.41) is 5.66. The highest BCUT2D eigenvalue weighted by atomic mass is 15.1. The van der Waals surface area contributed by atoms with Crippen molar-refractivity contribution in [2.75, 3.05) is 16.8 Å². The zero-order valence-electron chi connectivity index (χ0n) is 10.9. The first-order valence-electron chi connectivity index (χ1n) is 6.32. The second-order valence-corrected chi connectivity index (χ2v) is 4.56. The Bertz CT molecular complexity index is 754. The van der Waals surface area contributed by atoms with E-state index in [4.69, 9.17) is 11.5 Å². The Morgan fingerprint density at radius 2 is 1.80 bits per heavy atom. The summed E-state index contributed by atoms with van der Waals surface area (Å²) in [5.41, 5.74) is 13.1. The van der Waals surface area contributed by atoms with Crippen LogP contribution in [-0.4, -0.2) is 9.97 Å². The first-order chi connectivity index (χ1) is 9.72. The lowest BCUT2D eigenvalue weighted by Gasteiger charge is -2.09. The highest BCUT2D eigenvalue weighted by Gasteiger charge is 2.02. The Kier molecular flexibility index (Phi) is 3.09. The number of nitrogens with one attached hydrogen (secondary N) is 1. The predicted molar refractivity (Wildman–Crippen MR) is 82.1 cm³/mol. The molecule has 3 rings (SSSR count). The number of nitrogen functional groups attached to an aromatic ring is 2. The monoisotopic (exact) mass is 265 g/mol. The number of aromatic nitrogens is 2. The minimum Gasteiger partial charge on any atom is -0.382 e. The summed E-state index contributed by atoms with van der Waals surface area (Å²) in [6.45, 7) is 0.655. The molecule has 0 aliphatic heterocycles. The summed E-state index contributed by atoms with van der Waals surface area (Å²) in [6.07, 6.45) is 1.60. The van der Waals surface area contributed by atoms with E-state index in [0.29, 0.717) is 18.1 Å². The van der Waals surface area contributed by atoms with Crippen molar-refractivity contribution in [1.29, 1.82) is 0 Å². The van der Waals surface area contributed by atoms with Gasteiger partial charge in [-0.3, -0.25) is 0 Å². The van der Waals surface area contributed by atoms with E-state index in [-0.39, 0.29) is 5.95 Å². The topological polar surface area (TPSA) is 89.8 Å². The van der Waals surface area contributed by atoms with Gasteiger partial charge < -0.3 is 16.8 Å². The Balaban J connectivity index is 1.79. The molecule has 0 fully saturated rings. The van der Waals surface area contributed by atoms with E-state index in [1.807, 2.05) is 12.1 Å². The number of benzene rings is 2. The van der Waals surface area contributed by atoms with E-state index in [9.17, 15) is 0 Å². The SMILES string of the molecule is Nc1ncc(NCc2ccc3ccccc3c2)c(N)n1. The van der Waals surface area contributed by atoms with Crippen LogP contribution in [0.2, 0.25) is 0 Å². The molecular weight excluding hydrogens is 250 g/mol.